The van der Waals surface area contributed by atoms with Gasteiger partial charge < -0.3 is 9.84 Å². The Morgan fingerprint density at radius 1 is 1.62 bits per heavy atom. The van der Waals surface area contributed by atoms with Gasteiger partial charge in [-0.05, 0) is 17.7 Å². The van der Waals surface area contributed by atoms with Crippen LogP contribution < -0.4 is 0 Å². The summed E-state index contributed by atoms with van der Waals surface area (Å²) in [4.78, 5) is 10.6. The fraction of sp³-hybridized carbons (Fsp3) is 0.300. The molecule has 1 aromatic carbocycles. The third kappa shape index (κ3) is 2.06. The second kappa shape index (κ2) is 3.18. The molecule has 0 saturated carbocycles. The Labute approximate surface area is 76.0 Å². The van der Waals surface area contributed by atoms with Crippen LogP contribution in [0.15, 0.2) is 24.3 Å². The van der Waals surface area contributed by atoms with Gasteiger partial charge in [-0.1, -0.05) is 12.1 Å². The summed E-state index contributed by atoms with van der Waals surface area (Å²) < 4.78 is 5.07. The highest BCUT2D eigenvalue weighted by atomic mass is 16.6. The van der Waals surface area contributed by atoms with Crippen molar-refractivity contribution in [3.05, 3.63) is 35.4 Å². The van der Waals surface area contributed by atoms with Crippen molar-refractivity contribution in [3.8, 4) is 0 Å². The van der Waals surface area contributed by atoms with Crippen molar-refractivity contribution in [3.63, 3.8) is 0 Å². The maximum Gasteiger partial charge on any atom is 0.335 e. The van der Waals surface area contributed by atoms with E-state index in [2.05, 4.69) is 0 Å². The predicted octanol–water partition coefficient (Wildman–Crippen LogP) is 1.33. The fourth-order valence-electron chi connectivity index (χ4n) is 1.28. The van der Waals surface area contributed by atoms with Gasteiger partial charge in [-0.15, -0.1) is 0 Å². The van der Waals surface area contributed by atoms with Crippen LogP contribution in [0.5, 0.6) is 0 Å². The van der Waals surface area contributed by atoms with Gasteiger partial charge in [0.2, 0.25) is 0 Å². The quantitative estimate of drug-likeness (QED) is 0.710. The molecule has 0 aliphatic carbocycles. The number of aromatic carboxylic acids is 1. The first-order chi connectivity index (χ1) is 6.25. The van der Waals surface area contributed by atoms with E-state index in [1.807, 2.05) is 6.07 Å². The molecule has 0 radical (unpaired) electrons. The molecule has 68 valence electrons. The second-order valence-corrected chi connectivity index (χ2v) is 3.16. The summed E-state index contributed by atoms with van der Waals surface area (Å²) in [5.41, 5.74) is 1.38. The highest BCUT2D eigenvalue weighted by Crippen LogP contribution is 2.16. The molecule has 3 nitrogen and oxygen atoms in total. The fourth-order valence-corrected chi connectivity index (χ4v) is 1.28. The Hall–Kier alpha value is -1.35. The van der Waals surface area contributed by atoms with Crippen LogP contribution >= 0.6 is 0 Å². The van der Waals surface area contributed by atoms with Crippen LogP contribution in [0.1, 0.15) is 15.9 Å². The van der Waals surface area contributed by atoms with Crippen LogP contribution in [0.2, 0.25) is 0 Å². The Morgan fingerprint density at radius 3 is 3.00 bits per heavy atom. The monoisotopic (exact) mass is 178 g/mol. The van der Waals surface area contributed by atoms with Crippen LogP contribution in [0.3, 0.4) is 0 Å². The third-order valence-corrected chi connectivity index (χ3v) is 2.04. The lowest BCUT2D eigenvalue weighted by atomic mass is 10.1. The molecule has 1 atom stereocenters. The number of epoxide rings is 1. The molecule has 0 aromatic heterocycles. The lowest BCUT2D eigenvalue weighted by Crippen LogP contribution is -1.99. The number of ether oxygens (including phenoxy) is 1. The van der Waals surface area contributed by atoms with E-state index in [0.717, 1.165) is 18.6 Å². The normalized spacial score (nSPS) is 19.8. The highest BCUT2D eigenvalue weighted by molar-refractivity contribution is 5.87. The van der Waals surface area contributed by atoms with E-state index >= 15 is 0 Å². The van der Waals surface area contributed by atoms with E-state index in [-0.39, 0.29) is 0 Å². The Kier molecular flexibility index (Phi) is 2.02. The smallest absolute Gasteiger partial charge is 0.335 e. The minimum atomic E-state index is -0.876. The molecule has 0 amide bonds. The van der Waals surface area contributed by atoms with Crippen molar-refractivity contribution in [2.45, 2.75) is 12.5 Å². The van der Waals surface area contributed by atoms with Gasteiger partial charge in [-0.2, -0.15) is 0 Å². The van der Waals surface area contributed by atoms with Crippen molar-refractivity contribution in [2.24, 2.45) is 0 Å². The second-order valence-electron chi connectivity index (χ2n) is 3.16. The van der Waals surface area contributed by atoms with E-state index in [9.17, 15) is 4.79 Å². The molecule has 1 aromatic rings. The summed E-state index contributed by atoms with van der Waals surface area (Å²) in [5.74, 6) is -0.876. The van der Waals surface area contributed by atoms with Crippen molar-refractivity contribution < 1.29 is 14.6 Å². The molecule has 1 N–H and O–H groups in total. The van der Waals surface area contributed by atoms with Crippen molar-refractivity contribution >= 4 is 5.97 Å². The lowest BCUT2D eigenvalue weighted by Gasteiger charge is -1.99. The van der Waals surface area contributed by atoms with Crippen molar-refractivity contribution in [2.75, 3.05) is 6.61 Å². The topological polar surface area (TPSA) is 49.8 Å². The van der Waals surface area contributed by atoms with Crippen molar-refractivity contribution in [1.82, 2.24) is 0 Å². The third-order valence-electron chi connectivity index (χ3n) is 2.04. The number of carboxylic acid groups (broad SMARTS) is 1. The predicted molar refractivity (Wildman–Crippen MR) is 46.8 cm³/mol. The van der Waals surface area contributed by atoms with Gasteiger partial charge in [0.1, 0.15) is 0 Å². The summed E-state index contributed by atoms with van der Waals surface area (Å²) in [7, 11) is 0. The van der Waals surface area contributed by atoms with E-state index in [4.69, 9.17) is 9.84 Å². The first-order valence-electron chi connectivity index (χ1n) is 4.19. The number of benzene rings is 1. The maximum atomic E-state index is 10.6. The standard InChI is InChI=1S/C10H10O3/c11-10(12)8-3-1-2-7(4-8)5-9-6-13-9/h1-4,9H,5-6H2,(H,11,12). The van der Waals surface area contributed by atoms with E-state index in [0.29, 0.717) is 11.7 Å². The molecule has 0 bridgehead atoms. The summed E-state index contributed by atoms with van der Waals surface area (Å²) in [6.45, 7) is 0.803. The molecule has 1 heterocycles. The van der Waals surface area contributed by atoms with Crippen molar-refractivity contribution in [1.29, 1.82) is 0 Å². The van der Waals surface area contributed by atoms with E-state index in [1.165, 1.54) is 0 Å². The zero-order chi connectivity index (χ0) is 9.26. The van der Waals surface area contributed by atoms with Gasteiger partial charge in [0.15, 0.2) is 0 Å². The summed E-state index contributed by atoms with van der Waals surface area (Å²) in [5, 5.41) is 8.73. The van der Waals surface area contributed by atoms with Crippen LogP contribution in [0.4, 0.5) is 0 Å². The molecule has 1 saturated heterocycles. The molecule has 1 unspecified atom stereocenters. The Bertz CT molecular complexity index is 329. The molecule has 13 heavy (non-hydrogen) atoms. The number of hydrogen-bond acceptors (Lipinski definition) is 2. The Morgan fingerprint density at radius 2 is 2.38 bits per heavy atom. The molecule has 3 heteroatoms. The molecular weight excluding hydrogens is 168 g/mol. The average molecular weight is 178 g/mol. The van der Waals surface area contributed by atoms with Crippen LogP contribution in [0, 0.1) is 0 Å². The Balaban J connectivity index is 2.15. The maximum absolute atomic E-state index is 10.6. The lowest BCUT2D eigenvalue weighted by molar-refractivity contribution is 0.0696. The SMILES string of the molecule is O=C(O)c1cccc(CC2CO2)c1. The first-order valence-corrected chi connectivity index (χ1v) is 4.19. The molecular formula is C10H10O3. The zero-order valence-corrected chi connectivity index (χ0v) is 7.06. The summed E-state index contributed by atoms with van der Waals surface area (Å²) in [6.07, 6.45) is 1.13. The number of carbonyl (C=O) groups is 1. The average Bonchev–Trinajstić information content (AvgIpc) is 2.89. The summed E-state index contributed by atoms with van der Waals surface area (Å²) >= 11 is 0. The first kappa shape index (κ1) is 8.26. The largest absolute Gasteiger partial charge is 0.478 e. The van der Waals surface area contributed by atoms with Gasteiger partial charge in [-0.25, -0.2) is 4.79 Å². The van der Waals surface area contributed by atoms with Gasteiger partial charge >= 0.3 is 5.97 Å². The van der Waals surface area contributed by atoms with E-state index < -0.39 is 5.97 Å². The molecule has 1 aliphatic heterocycles. The number of hydrogen-bond donors (Lipinski definition) is 1. The van der Waals surface area contributed by atoms with Crippen LogP contribution in [0.25, 0.3) is 0 Å². The van der Waals surface area contributed by atoms with Gasteiger partial charge in [-0.3, -0.25) is 0 Å². The van der Waals surface area contributed by atoms with Crippen LogP contribution in [-0.4, -0.2) is 23.8 Å². The molecule has 1 fully saturated rings. The van der Waals surface area contributed by atoms with Gasteiger partial charge in [0, 0.05) is 6.42 Å². The zero-order valence-electron chi connectivity index (χ0n) is 7.06. The summed E-state index contributed by atoms with van der Waals surface area (Å²) in [6, 6.07) is 6.99. The van der Waals surface area contributed by atoms with Gasteiger partial charge in [0.05, 0.1) is 18.3 Å². The van der Waals surface area contributed by atoms with Gasteiger partial charge in [0.25, 0.3) is 0 Å². The molecule has 1 aliphatic rings. The molecule has 2 rings (SSSR count). The van der Waals surface area contributed by atoms with E-state index in [1.54, 1.807) is 18.2 Å². The minimum Gasteiger partial charge on any atom is -0.478 e. The number of carboxylic acids is 1. The van der Waals surface area contributed by atoms with Crippen LogP contribution in [-0.2, 0) is 11.2 Å². The highest BCUT2D eigenvalue weighted by Gasteiger charge is 2.22. The number of rotatable bonds is 3. The minimum absolute atomic E-state index is 0.309. The molecule has 0 spiro atoms.